The molecule has 7 rings (SSSR count). The molecule has 4 aromatic carbocycles. The van der Waals surface area contributed by atoms with E-state index in [0.29, 0.717) is 0 Å². The van der Waals surface area contributed by atoms with E-state index in [0.717, 1.165) is 50.0 Å². The summed E-state index contributed by atoms with van der Waals surface area (Å²) in [7, 11) is 0. The van der Waals surface area contributed by atoms with E-state index in [4.69, 9.17) is 4.42 Å². The number of benzene rings is 4. The summed E-state index contributed by atoms with van der Waals surface area (Å²) in [6.45, 7) is 0. The molecule has 172 valence electrons. The summed E-state index contributed by atoms with van der Waals surface area (Å²) in [6.07, 6.45) is 7.46. The van der Waals surface area contributed by atoms with Gasteiger partial charge in [0.25, 0.3) is 0 Å². The molecule has 3 heterocycles. The van der Waals surface area contributed by atoms with E-state index in [1.54, 1.807) is 12.4 Å². The Morgan fingerprint density at radius 2 is 1.19 bits per heavy atom. The Hall–Kier alpha value is -5.10. The van der Waals surface area contributed by atoms with Gasteiger partial charge in [-0.15, -0.1) is 0 Å². The van der Waals surface area contributed by atoms with Gasteiger partial charge in [-0.05, 0) is 60.7 Å². The molecule has 3 aromatic heterocycles. The van der Waals surface area contributed by atoms with Crippen LogP contribution in [0.5, 0.6) is 0 Å². The number of hydrogen-bond donors (Lipinski definition) is 0. The van der Waals surface area contributed by atoms with Crippen LogP contribution in [0.2, 0.25) is 0 Å². The first-order valence-electron chi connectivity index (χ1n) is 11.8. The lowest BCUT2D eigenvalue weighted by atomic mass is 10.1. The van der Waals surface area contributed by atoms with E-state index in [1.165, 1.54) is 0 Å². The van der Waals surface area contributed by atoms with Gasteiger partial charge < -0.3 is 8.98 Å². The van der Waals surface area contributed by atoms with Crippen molar-refractivity contribution >= 4 is 33.0 Å². The topological polar surface area (TPSA) is 53.7 Å². The Morgan fingerprint density at radius 3 is 1.97 bits per heavy atom. The SMILES string of the molecule is c1cc(-n2cccn2)cc(-n2c3cc(-n4cccn4)ccc3oc3ccccc3c3ccccc32)c1. The zero-order valence-corrected chi connectivity index (χ0v) is 19.3. The van der Waals surface area contributed by atoms with Crippen LogP contribution in [-0.4, -0.2) is 24.1 Å². The standard InChI is InChI=1S/C30H21N5O/c1-3-12-27-25(10-1)26-11-2-4-13-29(26)36-30-15-14-23(34-19-7-17-32-34)21-28(30)35(27)24-9-5-8-22(20-24)33-18-6-16-31-33/h1-21H. The summed E-state index contributed by atoms with van der Waals surface area (Å²) < 4.78 is 12.6. The van der Waals surface area contributed by atoms with Crippen LogP contribution in [0.4, 0.5) is 0 Å². The van der Waals surface area contributed by atoms with Crippen LogP contribution in [0, 0.1) is 0 Å². The highest BCUT2D eigenvalue weighted by molar-refractivity contribution is 6.04. The molecule has 0 aliphatic rings. The molecule has 6 nitrogen and oxygen atoms in total. The average molecular weight is 468 g/mol. The maximum Gasteiger partial charge on any atom is 0.151 e. The Balaban J connectivity index is 1.68. The fourth-order valence-electron chi connectivity index (χ4n) is 4.73. The lowest BCUT2D eigenvalue weighted by Crippen LogP contribution is -2.02. The average Bonchev–Trinajstić information content (AvgIpc) is 3.65. The number of hydrogen-bond acceptors (Lipinski definition) is 3. The van der Waals surface area contributed by atoms with Crippen molar-refractivity contribution in [3.63, 3.8) is 0 Å². The Kier molecular flexibility index (Phi) is 4.67. The summed E-state index contributed by atoms with van der Waals surface area (Å²) in [5, 5.41) is 11.0. The third-order valence-corrected chi connectivity index (χ3v) is 6.35. The van der Waals surface area contributed by atoms with E-state index >= 15 is 0 Å². The first-order chi connectivity index (χ1) is 17.8. The number of para-hydroxylation sites is 2. The van der Waals surface area contributed by atoms with E-state index in [2.05, 4.69) is 75.4 Å². The van der Waals surface area contributed by atoms with Gasteiger partial charge in [-0.1, -0.05) is 42.5 Å². The monoisotopic (exact) mass is 467 g/mol. The summed E-state index contributed by atoms with van der Waals surface area (Å²) in [4.78, 5) is 0. The summed E-state index contributed by atoms with van der Waals surface area (Å²) in [5.41, 5.74) is 6.48. The van der Waals surface area contributed by atoms with Gasteiger partial charge in [-0.25, -0.2) is 9.36 Å². The molecule has 0 spiro atoms. The van der Waals surface area contributed by atoms with Crippen LogP contribution in [0.1, 0.15) is 0 Å². The van der Waals surface area contributed by atoms with Crippen molar-refractivity contribution in [2.75, 3.05) is 0 Å². The van der Waals surface area contributed by atoms with Gasteiger partial charge in [-0.2, -0.15) is 10.2 Å². The van der Waals surface area contributed by atoms with Crippen LogP contribution >= 0.6 is 0 Å². The predicted molar refractivity (Wildman–Crippen MR) is 142 cm³/mol. The van der Waals surface area contributed by atoms with Crippen molar-refractivity contribution in [1.82, 2.24) is 24.1 Å². The van der Waals surface area contributed by atoms with E-state index in [-0.39, 0.29) is 0 Å². The van der Waals surface area contributed by atoms with Crippen molar-refractivity contribution in [2.45, 2.75) is 0 Å². The molecule has 0 saturated carbocycles. The zero-order valence-electron chi connectivity index (χ0n) is 19.3. The highest BCUT2D eigenvalue weighted by Crippen LogP contribution is 2.31. The molecule has 0 fully saturated rings. The number of rotatable bonds is 3. The van der Waals surface area contributed by atoms with Crippen molar-refractivity contribution < 1.29 is 4.42 Å². The first kappa shape index (κ1) is 20.3. The molecule has 0 unspecified atom stereocenters. The van der Waals surface area contributed by atoms with Crippen molar-refractivity contribution in [3.05, 3.63) is 128 Å². The summed E-state index contributed by atoms with van der Waals surface area (Å²) in [5.74, 6) is 0. The van der Waals surface area contributed by atoms with Crippen LogP contribution in [-0.2, 0) is 0 Å². The molecule has 6 heteroatoms. The minimum absolute atomic E-state index is 0.761. The maximum atomic E-state index is 6.58. The van der Waals surface area contributed by atoms with Crippen LogP contribution in [0.15, 0.2) is 132 Å². The Labute approximate surface area is 206 Å². The predicted octanol–water partition coefficient (Wildman–Crippen LogP) is 7.03. The second-order valence-corrected chi connectivity index (χ2v) is 8.52. The van der Waals surface area contributed by atoms with Gasteiger partial charge in [0.15, 0.2) is 5.58 Å². The minimum atomic E-state index is 0.761. The van der Waals surface area contributed by atoms with Gasteiger partial charge in [0.2, 0.25) is 0 Å². The summed E-state index contributed by atoms with van der Waals surface area (Å²) >= 11 is 0. The van der Waals surface area contributed by atoms with Gasteiger partial charge >= 0.3 is 0 Å². The number of fused-ring (bicyclic) bond motifs is 4. The van der Waals surface area contributed by atoms with Gasteiger partial charge in [0.1, 0.15) is 5.58 Å². The van der Waals surface area contributed by atoms with E-state index in [9.17, 15) is 0 Å². The molecule has 36 heavy (non-hydrogen) atoms. The van der Waals surface area contributed by atoms with Crippen LogP contribution in [0.3, 0.4) is 0 Å². The first-order valence-corrected chi connectivity index (χ1v) is 11.8. The van der Waals surface area contributed by atoms with Crippen molar-refractivity contribution in [1.29, 1.82) is 0 Å². The quantitative estimate of drug-likeness (QED) is 0.280. The normalized spacial score (nSPS) is 11.3. The third kappa shape index (κ3) is 3.35. The largest absolute Gasteiger partial charge is 0.455 e. The second kappa shape index (κ2) is 8.29. The molecule has 0 amide bonds. The third-order valence-electron chi connectivity index (χ3n) is 6.35. The lowest BCUT2D eigenvalue weighted by Gasteiger charge is -2.16. The number of nitrogens with zero attached hydrogens (tertiary/aromatic N) is 5. The molecule has 7 aromatic rings. The molecular weight excluding hydrogens is 446 g/mol. The molecule has 0 bridgehead atoms. The maximum absolute atomic E-state index is 6.58. The molecule has 0 N–H and O–H groups in total. The molecule has 0 saturated heterocycles. The van der Waals surface area contributed by atoms with Gasteiger partial charge in [0.05, 0.1) is 22.4 Å². The molecular formula is C30H21N5O. The van der Waals surface area contributed by atoms with Gasteiger partial charge in [-0.3, -0.25) is 0 Å². The Bertz CT molecular complexity index is 1890. The minimum Gasteiger partial charge on any atom is -0.455 e. The zero-order chi connectivity index (χ0) is 23.9. The highest BCUT2D eigenvalue weighted by atomic mass is 16.3. The molecule has 0 atom stereocenters. The second-order valence-electron chi connectivity index (χ2n) is 8.52. The molecule has 0 aliphatic heterocycles. The lowest BCUT2D eigenvalue weighted by molar-refractivity contribution is 0.660. The fourth-order valence-corrected chi connectivity index (χ4v) is 4.73. The van der Waals surface area contributed by atoms with Crippen molar-refractivity contribution in [3.8, 4) is 17.1 Å². The van der Waals surface area contributed by atoms with Gasteiger partial charge in [0, 0.05) is 41.2 Å². The molecule has 0 aliphatic carbocycles. The summed E-state index contributed by atoms with van der Waals surface area (Å²) in [6, 6.07) is 35.0. The fraction of sp³-hybridized carbons (Fsp3) is 0. The highest BCUT2D eigenvalue weighted by Gasteiger charge is 2.12. The molecule has 0 radical (unpaired) electrons. The number of aromatic nitrogens is 5. The van der Waals surface area contributed by atoms with Crippen molar-refractivity contribution in [2.24, 2.45) is 0 Å². The van der Waals surface area contributed by atoms with Crippen LogP contribution in [0.25, 0.3) is 50.0 Å². The van der Waals surface area contributed by atoms with E-state index < -0.39 is 0 Å². The van der Waals surface area contributed by atoms with E-state index in [1.807, 2.05) is 64.2 Å². The van der Waals surface area contributed by atoms with Crippen LogP contribution < -0.4 is 0 Å². The smallest absolute Gasteiger partial charge is 0.151 e. The Morgan fingerprint density at radius 1 is 0.500 bits per heavy atom.